The van der Waals surface area contributed by atoms with Crippen LogP contribution in [0.2, 0.25) is 0 Å². The van der Waals surface area contributed by atoms with Crippen molar-refractivity contribution in [3.8, 4) is 11.5 Å². The number of guanidine groups is 2. The van der Waals surface area contributed by atoms with E-state index in [4.69, 9.17) is 20.9 Å². The quantitative estimate of drug-likeness (QED) is 0.299. The van der Waals surface area contributed by atoms with E-state index in [1.54, 1.807) is 57.5 Å². The molecule has 0 saturated carbocycles. The van der Waals surface area contributed by atoms with Gasteiger partial charge in [0.15, 0.2) is 5.96 Å². The molecule has 0 aliphatic carbocycles. The third-order valence-corrected chi connectivity index (χ3v) is 7.51. The summed E-state index contributed by atoms with van der Waals surface area (Å²) in [6, 6.07) is 21.2. The van der Waals surface area contributed by atoms with Crippen LogP contribution in [0.25, 0.3) is 0 Å². The molecule has 0 aromatic heterocycles. The number of hydrogen-bond acceptors (Lipinski definition) is 5. The van der Waals surface area contributed by atoms with Gasteiger partial charge in [0.2, 0.25) is 16.0 Å². The Morgan fingerprint density at radius 2 is 1.21 bits per heavy atom. The Morgan fingerprint density at radius 3 is 1.63 bits per heavy atom. The number of ether oxygens (including phenoxy) is 2. The van der Waals surface area contributed by atoms with Crippen LogP contribution in [0.4, 0.5) is 0 Å². The molecule has 0 aliphatic heterocycles. The van der Waals surface area contributed by atoms with Gasteiger partial charge >= 0.3 is 0 Å². The SMILES string of the molecule is COc1ccc(CN(Cc2ccc(OC)cc2)S(=O)(=O)c2ccc(CN=C(N)/N=C(\N)N(C)C)cc2)cc1. The van der Waals surface area contributed by atoms with Crippen molar-refractivity contribution in [2.24, 2.45) is 21.5 Å². The van der Waals surface area contributed by atoms with Crippen LogP contribution < -0.4 is 20.9 Å². The summed E-state index contributed by atoms with van der Waals surface area (Å²) >= 11 is 0. The summed E-state index contributed by atoms with van der Waals surface area (Å²) < 4.78 is 39.4. The Hall–Kier alpha value is -4.09. The van der Waals surface area contributed by atoms with Crippen LogP contribution in [0.1, 0.15) is 16.7 Å². The molecule has 0 aliphatic rings. The van der Waals surface area contributed by atoms with Gasteiger partial charge in [-0.05, 0) is 53.1 Å². The lowest BCUT2D eigenvalue weighted by atomic mass is 10.2. The van der Waals surface area contributed by atoms with E-state index in [0.29, 0.717) is 11.5 Å². The largest absolute Gasteiger partial charge is 0.497 e. The van der Waals surface area contributed by atoms with Crippen molar-refractivity contribution in [1.82, 2.24) is 9.21 Å². The lowest BCUT2D eigenvalue weighted by Gasteiger charge is -2.23. The highest BCUT2D eigenvalue weighted by Crippen LogP contribution is 2.24. The molecule has 3 rings (SSSR count). The minimum atomic E-state index is -3.84. The van der Waals surface area contributed by atoms with Crippen LogP contribution in [0.5, 0.6) is 11.5 Å². The molecule has 0 bridgehead atoms. The zero-order chi connectivity index (χ0) is 27.7. The number of nitrogens with zero attached hydrogens (tertiary/aromatic N) is 4. The van der Waals surface area contributed by atoms with Crippen LogP contribution in [-0.2, 0) is 29.7 Å². The number of benzene rings is 3. The van der Waals surface area contributed by atoms with Crippen molar-refractivity contribution in [1.29, 1.82) is 0 Å². The zero-order valence-electron chi connectivity index (χ0n) is 22.0. The molecule has 10 nitrogen and oxygen atoms in total. The molecule has 0 saturated heterocycles. The predicted molar refractivity (Wildman–Crippen MR) is 149 cm³/mol. The molecule has 38 heavy (non-hydrogen) atoms. The molecule has 0 unspecified atom stereocenters. The average molecular weight is 539 g/mol. The Labute approximate surface area is 224 Å². The minimum absolute atomic E-state index is 0.0399. The molecule has 0 fully saturated rings. The Bertz CT molecular complexity index is 1300. The van der Waals surface area contributed by atoms with Gasteiger partial charge < -0.3 is 25.8 Å². The number of sulfonamides is 1. The van der Waals surface area contributed by atoms with E-state index < -0.39 is 10.0 Å². The van der Waals surface area contributed by atoms with Gasteiger partial charge in [0.25, 0.3) is 0 Å². The second-order valence-electron chi connectivity index (χ2n) is 8.65. The molecule has 0 amide bonds. The monoisotopic (exact) mass is 538 g/mol. The van der Waals surface area contributed by atoms with Gasteiger partial charge in [0, 0.05) is 27.2 Å². The number of aliphatic imine (C=N–C) groups is 2. The fourth-order valence-electron chi connectivity index (χ4n) is 3.44. The second kappa shape index (κ2) is 12.9. The third-order valence-electron chi connectivity index (χ3n) is 5.71. The van der Waals surface area contributed by atoms with Crippen molar-refractivity contribution in [2.45, 2.75) is 24.5 Å². The van der Waals surface area contributed by atoms with Crippen molar-refractivity contribution in [2.75, 3.05) is 28.3 Å². The second-order valence-corrected chi connectivity index (χ2v) is 10.6. The first-order valence-corrected chi connectivity index (χ1v) is 13.2. The van der Waals surface area contributed by atoms with Gasteiger partial charge in [-0.3, -0.25) is 0 Å². The van der Waals surface area contributed by atoms with E-state index in [9.17, 15) is 8.42 Å². The summed E-state index contributed by atoms with van der Waals surface area (Å²) in [7, 11) is 2.84. The van der Waals surface area contributed by atoms with Gasteiger partial charge in [0.1, 0.15) is 11.5 Å². The van der Waals surface area contributed by atoms with E-state index in [1.165, 1.54) is 4.31 Å². The Morgan fingerprint density at radius 1 is 0.763 bits per heavy atom. The van der Waals surface area contributed by atoms with Gasteiger partial charge in [-0.2, -0.15) is 9.30 Å². The molecule has 4 N–H and O–H groups in total. The van der Waals surface area contributed by atoms with Crippen molar-refractivity contribution in [3.05, 3.63) is 89.5 Å². The number of hydrogen-bond donors (Lipinski definition) is 2. The van der Waals surface area contributed by atoms with Crippen molar-refractivity contribution >= 4 is 21.9 Å². The highest BCUT2D eigenvalue weighted by molar-refractivity contribution is 7.89. The van der Waals surface area contributed by atoms with Crippen molar-refractivity contribution in [3.63, 3.8) is 0 Å². The standard InChI is InChI=1S/C27H34N6O4S/c1-32(2)27(29)31-26(28)30-17-20-9-15-25(16-10-20)38(34,35)33(18-21-5-11-23(36-3)12-6-21)19-22-7-13-24(37-4)14-8-22/h5-16H,17-19H2,1-4H3,(H4,28,29,30,31). The van der Waals surface area contributed by atoms with Crippen LogP contribution >= 0.6 is 0 Å². The lowest BCUT2D eigenvalue weighted by Crippen LogP contribution is -2.32. The van der Waals surface area contributed by atoms with Crippen LogP contribution in [0, 0.1) is 0 Å². The summed E-state index contributed by atoms with van der Waals surface area (Å²) in [6.07, 6.45) is 0. The lowest BCUT2D eigenvalue weighted by molar-refractivity contribution is 0.397. The third kappa shape index (κ3) is 7.70. The topological polar surface area (TPSA) is 136 Å². The number of methoxy groups -OCH3 is 2. The Kier molecular flexibility index (Phi) is 9.69. The molecule has 0 heterocycles. The van der Waals surface area contributed by atoms with Crippen LogP contribution in [-0.4, -0.2) is 57.9 Å². The molecular weight excluding hydrogens is 504 g/mol. The number of nitrogens with two attached hydrogens (primary N) is 2. The summed E-state index contributed by atoms with van der Waals surface area (Å²) in [5.74, 6) is 1.68. The molecular formula is C27H34N6O4S. The van der Waals surface area contributed by atoms with E-state index in [1.807, 2.05) is 48.5 Å². The predicted octanol–water partition coefficient (Wildman–Crippen LogP) is 2.79. The number of rotatable bonds is 10. The van der Waals surface area contributed by atoms with Gasteiger partial charge in [-0.1, -0.05) is 36.4 Å². The normalized spacial score (nSPS) is 12.4. The van der Waals surface area contributed by atoms with Crippen LogP contribution in [0.15, 0.2) is 87.7 Å². The van der Waals surface area contributed by atoms with Gasteiger partial charge in [-0.15, -0.1) is 0 Å². The smallest absolute Gasteiger partial charge is 0.243 e. The maximum Gasteiger partial charge on any atom is 0.243 e. The first-order chi connectivity index (χ1) is 18.1. The molecule has 3 aromatic carbocycles. The van der Waals surface area contributed by atoms with E-state index >= 15 is 0 Å². The fraction of sp³-hybridized carbons (Fsp3) is 0.259. The van der Waals surface area contributed by atoms with E-state index in [-0.39, 0.29) is 36.4 Å². The zero-order valence-corrected chi connectivity index (χ0v) is 22.9. The molecule has 0 atom stereocenters. The highest BCUT2D eigenvalue weighted by atomic mass is 32.2. The first-order valence-electron chi connectivity index (χ1n) is 11.8. The maximum atomic E-state index is 13.7. The summed E-state index contributed by atoms with van der Waals surface area (Å²) in [5.41, 5.74) is 14.0. The van der Waals surface area contributed by atoms with E-state index in [0.717, 1.165) is 16.7 Å². The summed E-state index contributed by atoms with van der Waals surface area (Å²) in [4.78, 5) is 10.00. The molecule has 202 valence electrons. The average Bonchev–Trinajstić information content (AvgIpc) is 2.92. The summed E-state index contributed by atoms with van der Waals surface area (Å²) in [6.45, 7) is 0.607. The summed E-state index contributed by atoms with van der Waals surface area (Å²) in [5, 5.41) is 0. The minimum Gasteiger partial charge on any atom is -0.497 e. The molecule has 0 spiro atoms. The molecule has 3 aromatic rings. The van der Waals surface area contributed by atoms with Gasteiger partial charge in [-0.25, -0.2) is 13.4 Å². The molecule has 0 radical (unpaired) electrons. The molecule has 11 heteroatoms. The maximum absolute atomic E-state index is 13.7. The highest BCUT2D eigenvalue weighted by Gasteiger charge is 2.25. The first kappa shape index (κ1) is 28.5. The van der Waals surface area contributed by atoms with E-state index in [2.05, 4.69) is 9.98 Å². The van der Waals surface area contributed by atoms with Gasteiger partial charge in [0.05, 0.1) is 25.7 Å². The van der Waals surface area contributed by atoms with Crippen LogP contribution in [0.3, 0.4) is 0 Å². The van der Waals surface area contributed by atoms with Crippen molar-refractivity contribution < 1.29 is 17.9 Å². The fourth-order valence-corrected chi connectivity index (χ4v) is 4.85. The Balaban J connectivity index is 1.84.